The number of rotatable bonds is 23. The molecule has 1 unspecified atom stereocenters. The van der Waals surface area contributed by atoms with Crippen molar-refractivity contribution in [2.45, 2.75) is 121 Å². The second-order valence-electron chi connectivity index (χ2n) is 11.6. The van der Waals surface area contributed by atoms with Crippen molar-refractivity contribution in [1.82, 2.24) is 0 Å². The van der Waals surface area contributed by atoms with E-state index >= 15 is 0 Å². The van der Waals surface area contributed by atoms with Crippen LogP contribution in [0.2, 0.25) is 0 Å². The summed E-state index contributed by atoms with van der Waals surface area (Å²) in [5, 5.41) is 0. The van der Waals surface area contributed by atoms with Gasteiger partial charge in [-0.15, -0.1) is 11.2 Å². The van der Waals surface area contributed by atoms with Crippen LogP contribution in [0.25, 0.3) is 0 Å². The minimum atomic E-state index is -0.0890. The van der Waals surface area contributed by atoms with Crippen LogP contribution >= 0.6 is 19.2 Å². The fraction of sp³-hybridized carbons (Fsp3) is 0.526. The predicted octanol–water partition coefficient (Wildman–Crippen LogP) is 12.9. The topological polar surface area (TPSA) is 0 Å². The van der Waals surface area contributed by atoms with E-state index in [0.29, 0.717) is 7.93 Å². The van der Waals surface area contributed by atoms with Gasteiger partial charge in [-0.1, -0.05) is 194 Å². The molecule has 0 saturated heterocycles. The average molecular weight is 577 g/mol. The molecule has 40 heavy (non-hydrogen) atoms. The quantitative estimate of drug-likeness (QED) is 0.0598. The first-order chi connectivity index (χ1) is 19.9. The molecule has 3 aromatic carbocycles. The second kappa shape index (κ2) is 21.1. The maximum Gasteiger partial charge on any atom is 0.0451 e. The third-order valence-electron chi connectivity index (χ3n) is 8.62. The number of hydrogen-bond acceptors (Lipinski definition) is 0. The van der Waals surface area contributed by atoms with Crippen molar-refractivity contribution in [3.63, 3.8) is 0 Å². The molecule has 0 spiro atoms. The summed E-state index contributed by atoms with van der Waals surface area (Å²) in [5.74, 6) is 0. The van der Waals surface area contributed by atoms with Crippen LogP contribution < -0.4 is 0 Å². The SMILES string of the molecule is ClPCCCCCCCCCCCCCCCCCCCC(c1ccccc1)(c1ccccc1)c1ccccc1. The van der Waals surface area contributed by atoms with Gasteiger partial charge in [-0.2, -0.15) is 0 Å². The fourth-order valence-corrected chi connectivity index (χ4v) is 7.12. The predicted molar refractivity (Wildman–Crippen MR) is 181 cm³/mol. The van der Waals surface area contributed by atoms with E-state index in [1.54, 1.807) is 0 Å². The lowest BCUT2D eigenvalue weighted by molar-refractivity contribution is 0.491. The molecule has 0 aromatic heterocycles. The summed E-state index contributed by atoms with van der Waals surface area (Å²) in [6, 6.07) is 33.6. The number of halogens is 1. The molecule has 2 heteroatoms. The molecule has 0 nitrogen and oxygen atoms in total. The second-order valence-corrected chi connectivity index (χ2v) is 13.2. The van der Waals surface area contributed by atoms with Crippen LogP contribution in [-0.4, -0.2) is 6.16 Å². The minimum Gasteiger partial charge on any atom is -0.100 e. The molecule has 0 aliphatic heterocycles. The maximum absolute atomic E-state index is 5.77. The molecule has 0 bridgehead atoms. The van der Waals surface area contributed by atoms with Crippen LogP contribution in [0.3, 0.4) is 0 Å². The monoisotopic (exact) mass is 576 g/mol. The Morgan fingerprint density at radius 2 is 0.650 bits per heavy atom. The highest BCUT2D eigenvalue weighted by Gasteiger charge is 2.35. The molecule has 0 saturated carbocycles. The van der Waals surface area contributed by atoms with Gasteiger partial charge in [0, 0.05) is 5.41 Å². The van der Waals surface area contributed by atoms with E-state index in [2.05, 4.69) is 91.0 Å². The molecule has 218 valence electrons. The first-order valence-corrected chi connectivity index (χ1v) is 18.6. The summed E-state index contributed by atoms with van der Waals surface area (Å²) >= 11 is 5.77. The lowest BCUT2D eigenvalue weighted by Gasteiger charge is -2.36. The van der Waals surface area contributed by atoms with Gasteiger partial charge in [0.2, 0.25) is 0 Å². The van der Waals surface area contributed by atoms with Crippen LogP contribution in [0, 0.1) is 0 Å². The normalized spacial score (nSPS) is 11.9. The van der Waals surface area contributed by atoms with Crippen LogP contribution in [0.1, 0.15) is 132 Å². The van der Waals surface area contributed by atoms with Gasteiger partial charge >= 0.3 is 0 Å². The molecular formula is C38H54ClP. The summed E-state index contributed by atoms with van der Waals surface area (Å²) in [4.78, 5) is 0. The maximum atomic E-state index is 5.77. The van der Waals surface area contributed by atoms with Crippen LogP contribution in [-0.2, 0) is 5.41 Å². The first kappa shape index (κ1) is 32.9. The van der Waals surface area contributed by atoms with Crippen LogP contribution in [0.4, 0.5) is 0 Å². The zero-order chi connectivity index (χ0) is 28.0. The van der Waals surface area contributed by atoms with Gasteiger partial charge in [0.25, 0.3) is 0 Å². The minimum absolute atomic E-state index is 0.0890. The molecule has 0 radical (unpaired) electrons. The summed E-state index contributed by atoms with van der Waals surface area (Å²) in [7, 11) is 0.624. The average Bonchev–Trinajstić information content (AvgIpc) is 3.01. The standard InChI is InChI=1S/C38H54ClP/c39-40-34-26-15-13-11-9-7-5-3-1-2-4-6-8-10-12-14-25-33-38(35-27-19-16-20-28-35,36-29-21-17-22-30-36)37-31-23-18-24-32-37/h16-24,27-32,40H,1-15,25-26,33-34H2. The van der Waals surface area contributed by atoms with Gasteiger partial charge in [-0.3, -0.25) is 0 Å². The first-order valence-electron chi connectivity index (χ1n) is 16.4. The Labute approximate surface area is 253 Å². The Balaban J connectivity index is 1.31. The van der Waals surface area contributed by atoms with Crippen molar-refractivity contribution in [1.29, 1.82) is 0 Å². The molecule has 0 fully saturated rings. The fourth-order valence-electron chi connectivity index (χ4n) is 6.33. The van der Waals surface area contributed by atoms with Gasteiger partial charge in [-0.05, 0) is 43.6 Å². The largest absolute Gasteiger partial charge is 0.100 e. The van der Waals surface area contributed by atoms with Crippen molar-refractivity contribution in [3.8, 4) is 0 Å². The van der Waals surface area contributed by atoms with Gasteiger partial charge in [0.05, 0.1) is 0 Å². The third kappa shape index (κ3) is 11.7. The highest BCUT2D eigenvalue weighted by Crippen LogP contribution is 2.43. The Bertz CT molecular complexity index is 875. The Kier molecular flexibility index (Phi) is 17.4. The Morgan fingerprint density at radius 1 is 0.375 bits per heavy atom. The van der Waals surface area contributed by atoms with Gasteiger partial charge in [0.15, 0.2) is 0 Å². The van der Waals surface area contributed by atoms with E-state index in [1.165, 1.54) is 132 Å². The van der Waals surface area contributed by atoms with E-state index in [9.17, 15) is 0 Å². The van der Waals surface area contributed by atoms with E-state index in [-0.39, 0.29) is 5.41 Å². The van der Waals surface area contributed by atoms with Crippen molar-refractivity contribution in [2.24, 2.45) is 0 Å². The van der Waals surface area contributed by atoms with Crippen molar-refractivity contribution in [2.75, 3.05) is 6.16 Å². The highest BCUT2D eigenvalue weighted by molar-refractivity contribution is 7.68. The number of hydrogen-bond donors (Lipinski definition) is 0. The van der Waals surface area contributed by atoms with Gasteiger partial charge in [0.1, 0.15) is 0 Å². The molecule has 0 heterocycles. The van der Waals surface area contributed by atoms with E-state index in [4.69, 9.17) is 11.2 Å². The van der Waals surface area contributed by atoms with E-state index in [0.717, 1.165) is 6.42 Å². The smallest absolute Gasteiger partial charge is 0.0451 e. The highest BCUT2D eigenvalue weighted by atomic mass is 35.7. The van der Waals surface area contributed by atoms with Crippen LogP contribution in [0.15, 0.2) is 91.0 Å². The lowest BCUT2D eigenvalue weighted by Crippen LogP contribution is -2.29. The molecule has 1 atom stereocenters. The van der Waals surface area contributed by atoms with Gasteiger partial charge in [-0.25, -0.2) is 0 Å². The molecule has 0 amide bonds. The van der Waals surface area contributed by atoms with E-state index < -0.39 is 0 Å². The Morgan fingerprint density at radius 3 is 0.950 bits per heavy atom. The third-order valence-corrected chi connectivity index (χ3v) is 9.73. The van der Waals surface area contributed by atoms with Crippen molar-refractivity contribution >= 4 is 19.2 Å². The van der Waals surface area contributed by atoms with E-state index in [1.807, 2.05) is 0 Å². The summed E-state index contributed by atoms with van der Waals surface area (Å²) in [6.45, 7) is 0. The number of unbranched alkanes of at least 4 members (excludes halogenated alkanes) is 16. The zero-order valence-corrected chi connectivity index (χ0v) is 26.7. The molecule has 0 aliphatic rings. The molecule has 0 aliphatic carbocycles. The Hall–Kier alpha value is -1.62. The van der Waals surface area contributed by atoms with Crippen LogP contribution in [0.5, 0.6) is 0 Å². The molecule has 3 aromatic rings. The van der Waals surface area contributed by atoms with Crippen molar-refractivity contribution < 1.29 is 0 Å². The zero-order valence-electron chi connectivity index (χ0n) is 25.0. The van der Waals surface area contributed by atoms with Gasteiger partial charge < -0.3 is 0 Å². The summed E-state index contributed by atoms with van der Waals surface area (Å²) in [5.41, 5.74) is 4.14. The summed E-state index contributed by atoms with van der Waals surface area (Å²) in [6.07, 6.45) is 26.2. The molecule has 0 N–H and O–H groups in total. The molecule has 3 rings (SSSR count). The number of benzene rings is 3. The van der Waals surface area contributed by atoms with Crippen molar-refractivity contribution in [3.05, 3.63) is 108 Å². The summed E-state index contributed by atoms with van der Waals surface area (Å²) < 4.78 is 0. The lowest BCUT2D eigenvalue weighted by atomic mass is 9.66. The molecular weight excluding hydrogens is 523 g/mol.